The van der Waals surface area contributed by atoms with Crippen LogP contribution in [0.4, 0.5) is 0 Å². The molecule has 0 aliphatic rings. The van der Waals surface area contributed by atoms with Crippen molar-refractivity contribution in [1.29, 1.82) is 0 Å². The fourth-order valence-electron chi connectivity index (χ4n) is 1.87. The molecule has 2 aromatic heterocycles. The topological polar surface area (TPSA) is 62.2 Å². The first-order valence-corrected chi connectivity index (χ1v) is 7.78. The summed E-state index contributed by atoms with van der Waals surface area (Å²) in [5.74, 6) is -0.876. The van der Waals surface area contributed by atoms with Crippen LogP contribution in [0.15, 0.2) is 35.7 Å². The number of para-hydroxylation sites is 1. The van der Waals surface area contributed by atoms with Crippen LogP contribution in [0.3, 0.4) is 0 Å². The number of benzene rings is 1. The molecule has 20 heavy (non-hydrogen) atoms. The summed E-state index contributed by atoms with van der Waals surface area (Å²) in [5, 5.41) is 14.9. The second-order valence-corrected chi connectivity index (χ2v) is 6.40. The SMILES string of the molecule is O=C(O)c1csc(CNCc2nc3ccccc3s2)c1. The number of carbonyl (C=O) groups is 1. The average molecular weight is 304 g/mol. The van der Waals surface area contributed by atoms with Crippen LogP contribution < -0.4 is 5.32 Å². The van der Waals surface area contributed by atoms with Crippen LogP contribution >= 0.6 is 22.7 Å². The number of thiophene rings is 1. The first-order valence-electron chi connectivity index (χ1n) is 6.08. The molecule has 0 spiro atoms. The van der Waals surface area contributed by atoms with Crippen molar-refractivity contribution in [3.8, 4) is 0 Å². The largest absolute Gasteiger partial charge is 0.478 e. The highest BCUT2D eigenvalue weighted by atomic mass is 32.1. The molecular weight excluding hydrogens is 292 g/mol. The Morgan fingerprint density at radius 2 is 2.15 bits per heavy atom. The van der Waals surface area contributed by atoms with Gasteiger partial charge in [0.15, 0.2) is 0 Å². The molecule has 3 aromatic rings. The summed E-state index contributed by atoms with van der Waals surface area (Å²) in [7, 11) is 0. The molecule has 2 heterocycles. The molecule has 1 aromatic carbocycles. The molecule has 0 radical (unpaired) electrons. The van der Waals surface area contributed by atoms with Gasteiger partial charge in [0.25, 0.3) is 0 Å². The van der Waals surface area contributed by atoms with Gasteiger partial charge in [-0.05, 0) is 18.2 Å². The third-order valence-corrected chi connectivity index (χ3v) is 4.79. The van der Waals surface area contributed by atoms with Crippen LogP contribution in [0.25, 0.3) is 10.2 Å². The van der Waals surface area contributed by atoms with Crippen molar-refractivity contribution >= 4 is 38.9 Å². The van der Waals surface area contributed by atoms with Gasteiger partial charge in [0, 0.05) is 23.3 Å². The number of carboxylic acid groups (broad SMARTS) is 1. The third-order valence-electron chi connectivity index (χ3n) is 2.81. The molecule has 0 atom stereocenters. The number of thiazole rings is 1. The predicted octanol–water partition coefficient (Wildman–Crippen LogP) is 3.35. The Bertz CT molecular complexity index is 715. The van der Waals surface area contributed by atoms with Gasteiger partial charge in [-0.15, -0.1) is 22.7 Å². The number of rotatable bonds is 5. The van der Waals surface area contributed by atoms with Gasteiger partial charge in [-0.1, -0.05) is 12.1 Å². The maximum Gasteiger partial charge on any atom is 0.336 e. The maximum atomic E-state index is 10.8. The molecule has 0 unspecified atom stereocenters. The van der Waals surface area contributed by atoms with E-state index in [2.05, 4.69) is 16.4 Å². The molecule has 3 rings (SSSR count). The molecule has 102 valence electrons. The normalized spacial score (nSPS) is 11.0. The van der Waals surface area contributed by atoms with Gasteiger partial charge in [-0.2, -0.15) is 0 Å². The fourth-order valence-corrected chi connectivity index (χ4v) is 3.64. The van der Waals surface area contributed by atoms with E-state index in [4.69, 9.17) is 5.11 Å². The first-order chi connectivity index (χ1) is 9.72. The van der Waals surface area contributed by atoms with E-state index in [1.54, 1.807) is 22.8 Å². The number of fused-ring (bicyclic) bond motifs is 1. The van der Waals surface area contributed by atoms with Crippen LogP contribution in [0, 0.1) is 0 Å². The number of nitrogens with zero attached hydrogens (tertiary/aromatic N) is 1. The molecule has 0 saturated heterocycles. The highest BCUT2D eigenvalue weighted by molar-refractivity contribution is 7.18. The Kier molecular flexibility index (Phi) is 3.77. The van der Waals surface area contributed by atoms with Crippen molar-refractivity contribution < 1.29 is 9.90 Å². The lowest BCUT2D eigenvalue weighted by Gasteiger charge is -1.98. The van der Waals surface area contributed by atoms with Gasteiger partial charge in [0.2, 0.25) is 0 Å². The summed E-state index contributed by atoms with van der Waals surface area (Å²) >= 11 is 3.14. The molecule has 0 aliphatic heterocycles. The number of nitrogens with one attached hydrogen (secondary N) is 1. The Balaban J connectivity index is 1.60. The molecule has 0 bridgehead atoms. The van der Waals surface area contributed by atoms with Crippen molar-refractivity contribution in [2.75, 3.05) is 0 Å². The van der Waals surface area contributed by atoms with Gasteiger partial charge in [-0.25, -0.2) is 9.78 Å². The lowest BCUT2D eigenvalue weighted by atomic mass is 10.3. The Labute approximate surface area is 123 Å². The lowest BCUT2D eigenvalue weighted by molar-refractivity contribution is 0.0697. The van der Waals surface area contributed by atoms with Crippen molar-refractivity contribution in [1.82, 2.24) is 10.3 Å². The fraction of sp³-hybridized carbons (Fsp3) is 0.143. The summed E-state index contributed by atoms with van der Waals surface area (Å²) in [6.45, 7) is 1.35. The summed E-state index contributed by atoms with van der Waals surface area (Å²) in [5.41, 5.74) is 1.38. The van der Waals surface area contributed by atoms with Crippen LogP contribution in [-0.2, 0) is 13.1 Å². The number of carboxylic acids is 1. The predicted molar refractivity (Wildman–Crippen MR) is 81.4 cm³/mol. The minimum atomic E-state index is -0.876. The highest BCUT2D eigenvalue weighted by Gasteiger charge is 2.07. The zero-order chi connectivity index (χ0) is 13.9. The van der Waals surface area contributed by atoms with E-state index in [1.807, 2.05) is 18.2 Å². The van der Waals surface area contributed by atoms with Crippen LogP contribution in [0.2, 0.25) is 0 Å². The molecule has 6 heteroatoms. The average Bonchev–Trinajstić information content (AvgIpc) is 3.04. The van der Waals surface area contributed by atoms with Crippen molar-refractivity contribution in [2.45, 2.75) is 13.1 Å². The molecular formula is C14H12N2O2S2. The quantitative estimate of drug-likeness (QED) is 0.759. The Morgan fingerprint density at radius 3 is 2.90 bits per heavy atom. The van der Waals surface area contributed by atoms with E-state index in [9.17, 15) is 4.79 Å². The second-order valence-electron chi connectivity index (χ2n) is 4.29. The summed E-state index contributed by atoms with van der Waals surface area (Å²) in [6.07, 6.45) is 0. The van der Waals surface area contributed by atoms with E-state index in [0.717, 1.165) is 15.4 Å². The summed E-state index contributed by atoms with van der Waals surface area (Å²) in [6, 6.07) is 9.77. The number of hydrogen-bond donors (Lipinski definition) is 2. The lowest BCUT2D eigenvalue weighted by Crippen LogP contribution is -2.11. The number of aromatic carboxylic acids is 1. The zero-order valence-electron chi connectivity index (χ0n) is 10.5. The standard InChI is InChI=1S/C14H12N2O2S2/c17-14(18)9-5-10(19-8-9)6-15-7-13-16-11-3-1-2-4-12(11)20-13/h1-5,8,15H,6-7H2,(H,17,18). The maximum absolute atomic E-state index is 10.8. The molecule has 0 saturated carbocycles. The Morgan fingerprint density at radius 1 is 1.30 bits per heavy atom. The van der Waals surface area contributed by atoms with Gasteiger partial charge in [0.05, 0.1) is 15.8 Å². The van der Waals surface area contributed by atoms with Crippen molar-refractivity contribution in [3.05, 3.63) is 51.2 Å². The van der Waals surface area contributed by atoms with Crippen LogP contribution in [0.5, 0.6) is 0 Å². The summed E-state index contributed by atoms with van der Waals surface area (Å²) in [4.78, 5) is 16.3. The monoisotopic (exact) mass is 304 g/mol. The molecule has 0 fully saturated rings. The second kappa shape index (κ2) is 5.70. The van der Waals surface area contributed by atoms with Gasteiger partial charge in [-0.3, -0.25) is 0 Å². The van der Waals surface area contributed by atoms with E-state index in [-0.39, 0.29) is 0 Å². The van der Waals surface area contributed by atoms with Crippen LogP contribution in [-0.4, -0.2) is 16.1 Å². The third kappa shape index (κ3) is 2.87. The zero-order valence-corrected chi connectivity index (χ0v) is 12.1. The van der Waals surface area contributed by atoms with E-state index < -0.39 is 5.97 Å². The van der Waals surface area contributed by atoms with Crippen molar-refractivity contribution in [3.63, 3.8) is 0 Å². The van der Waals surface area contributed by atoms with Crippen LogP contribution in [0.1, 0.15) is 20.2 Å². The van der Waals surface area contributed by atoms with Gasteiger partial charge in [0.1, 0.15) is 5.01 Å². The van der Waals surface area contributed by atoms with E-state index in [1.165, 1.54) is 16.0 Å². The first kappa shape index (κ1) is 13.2. The summed E-state index contributed by atoms with van der Waals surface area (Å²) < 4.78 is 1.19. The molecule has 4 nitrogen and oxygen atoms in total. The minimum absolute atomic E-state index is 0.354. The molecule has 2 N–H and O–H groups in total. The van der Waals surface area contributed by atoms with Gasteiger partial charge >= 0.3 is 5.97 Å². The molecule has 0 amide bonds. The van der Waals surface area contributed by atoms with E-state index in [0.29, 0.717) is 18.7 Å². The number of aromatic nitrogens is 1. The van der Waals surface area contributed by atoms with Crippen molar-refractivity contribution in [2.24, 2.45) is 0 Å². The highest BCUT2D eigenvalue weighted by Crippen LogP contribution is 2.21. The number of hydrogen-bond acceptors (Lipinski definition) is 5. The van der Waals surface area contributed by atoms with Gasteiger partial charge < -0.3 is 10.4 Å². The Hall–Kier alpha value is -1.76. The smallest absolute Gasteiger partial charge is 0.336 e. The van der Waals surface area contributed by atoms with E-state index >= 15 is 0 Å². The molecule has 0 aliphatic carbocycles. The minimum Gasteiger partial charge on any atom is -0.478 e.